The van der Waals surface area contributed by atoms with Crippen molar-refractivity contribution in [1.82, 2.24) is 15.2 Å². The predicted octanol–water partition coefficient (Wildman–Crippen LogP) is 2.85. The normalized spacial score (nSPS) is 19.0. The lowest BCUT2D eigenvalue weighted by atomic mass is 9.76. The number of hydrogen-bond donors (Lipinski definition) is 1. The molecule has 0 radical (unpaired) electrons. The number of thioether (sulfide) groups is 1. The van der Waals surface area contributed by atoms with E-state index in [4.69, 9.17) is 11.0 Å². The van der Waals surface area contributed by atoms with Crippen LogP contribution in [0.4, 0.5) is 5.13 Å². The van der Waals surface area contributed by atoms with Crippen molar-refractivity contribution in [2.75, 3.05) is 10.7 Å². The highest BCUT2D eigenvalue weighted by atomic mass is 32.2. The minimum absolute atomic E-state index is 0.00828. The quantitative estimate of drug-likeness (QED) is 0.740. The molecule has 1 aliphatic heterocycles. The zero-order chi connectivity index (χ0) is 20.4. The van der Waals surface area contributed by atoms with Crippen molar-refractivity contribution in [1.29, 1.82) is 10.5 Å². The van der Waals surface area contributed by atoms with Crippen molar-refractivity contribution in [2.45, 2.75) is 29.5 Å². The minimum atomic E-state index is -0.534. The molecule has 3 heterocycles. The second-order valence-electron chi connectivity index (χ2n) is 6.40. The number of aromatic nitrogens is 3. The highest BCUT2D eigenvalue weighted by Gasteiger charge is 2.41. The molecule has 144 valence electrons. The molecule has 0 saturated heterocycles. The van der Waals surface area contributed by atoms with Gasteiger partial charge in [0, 0.05) is 30.1 Å². The molecule has 0 fully saturated rings. The van der Waals surface area contributed by atoms with E-state index in [0.29, 0.717) is 39.9 Å². The van der Waals surface area contributed by atoms with E-state index in [1.165, 1.54) is 23.1 Å². The number of pyridine rings is 1. The molecule has 29 heavy (non-hydrogen) atoms. The molecule has 0 amide bonds. The van der Waals surface area contributed by atoms with Crippen LogP contribution in [0.3, 0.4) is 0 Å². The van der Waals surface area contributed by atoms with Gasteiger partial charge in [-0.25, -0.2) is 0 Å². The number of hydrogen-bond acceptors (Lipinski definition) is 10. The predicted molar refractivity (Wildman–Crippen MR) is 108 cm³/mol. The molecular weight excluding hydrogens is 406 g/mol. The summed E-state index contributed by atoms with van der Waals surface area (Å²) >= 11 is 2.57. The first-order valence-electron chi connectivity index (χ1n) is 8.85. The Morgan fingerprint density at radius 3 is 2.93 bits per heavy atom. The maximum atomic E-state index is 13.0. The Bertz CT molecular complexity index is 1110. The van der Waals surface area contributed by atoms with Crippen LogP contribution in [0.15, 0.2) is 51.5 Å². The van der Waals surface area contributed by atoms with Gasteiger partial charge in [-0.3, -0.25) is 14.7 Å². The summed E-state index contributed by atoms with van der Waals surface area (Å²) in [5, 5.41) is 27.5. The Labute approximate surface area is 175 Å². The van der Waals surface area contributed by atoms with Gasteiger partial charge >= 0.3 is 0 Å². The van der Waals surface area contributed by atoms with Gasteiger partial charge in [-0.15, -0.1) is 10.2 Å². The van der Waals surface area contributed by atoms with Gasteiger partial charge in [0.2, 0.25) is 5.13 Å². The lowest BCUT2D eigenvalue weighted by molar-refractivity contribution is -0.116. The van der Waals surface area contributed by atoms with Crippen LogP contribution < -0.4 is 10.6 Å². The van der Waals surface area contributed by atoms with E-state index >= 15 is 0 Å². The summed E-state index contributed by atoms with van der Waals surface area (Å²) in [7, 11) is 0. The molecule has 10 heteroatoms. The molecular formula is C19H15N7OS2. The number of Topliss-reactive ketones (excluding diaryl/α,β-unsaturated/α-hetero) is 1. The van der Waals surface area contributed by atoms with E-state index < -0.39 is 5.92 Å². The van der Waals surface area contributed by atoms with Crippen LogP contribution in [0.25, 0.3) is 0 Å². The van der Waals surface area contributed by atoms with Gasteiger partial charge in [0.1, 0.15) is 5.82 Å². The van der Waals surface area contributed by atoms with Crippen molar-refractivity contribution >= 4 is 34.0 Å². The monoisotopic (exact) mass is 421 g/mol. The van der Waals surface area contributed by atoms with Gasteiger partial charge in [0.15, 0.2) is 10.1 Å². The number of allylic oxidation sites excluding steroid dienone is 3. The van der Waals surface area contributed by atoms with Crippen molar-refractivity contribution in [2.24, 2.45) is 5.73 Å². The fourth-order valence-electron chi connectivity index (χ4n) is 3.63. The van der Waals surface area contributed by atoms with E-state index in [2.05, 4.69) is 27.3 Å². The fraction of sp³-hybridized carbons (Fsp3) is 0.263. The SMILES string of the molecule is N#CCSc1nnc(N2C(N)=C(C#N)C(c3cccnc3)C3=C2CCCC3=O)s1. The largest absolute Gasteiger partial charge is 0.384 e. The van der Waals surface area contributed by atoms with Crippen LogP contribution in [-0.4, -0.2) is 26.7 Å². The third-order valence-electron chi connectivity index (χ3n) is 4.78. The Morgan fingerprint density at radius 1 is 1.34 bits per heavy atom. The minimum Gasteiger partial charge on any atom is -0.384 e. The zero-order valence-corrected chi connectivity index (χ0v) is 16.8. The lowest BCUT2D eigenvalue weighted by Crippen LogP contribution is -2.38. The zero-order valence-electron chi connectivity index (χ0n) is 15.2. The van der Waals surface area contributed by atoms with Crippen LogP contribution in [0.2, 0.25) is 0 Å². The Balaban J connectivity index is 1.87. The lowest BCUT2D eigenvalue weighted by Gasteiger charge is -2.37. The van der Waals surface area contributed by atoms with E-state index in [9.17, 15) is 10.1 Å². The molecule has 1 aliphatic carbocycles. The molecule has 8 nitrogen and oxygen atoms in total. The van der Waals surface area contributed by atoms with Gasteiger partial charge in [-0.2, -0.15) is 10.5 Å². The third-order valence-corrected chi connectivity index (χ3v) is 6.69. The van der Waals surface area contributed by atoms with Crippen molar-refractivity contribution in [3.8, 4) is 12.1 Å². The average Bonchev–Trinajstić information content (AvgIpc) is 3.20. The molecule has 2 N–H and O–H groups in total. The van der Waals surface area contributed by atoms with Gasteiger partial charge < -0.3 is 5.73 Å². The first kappa shape index (κ1) is 19.1. The Kier molecular flexibility index (Phi) is 5.30. The molecule has 1 atom stereocenters. The van der Waals surface area contributed by atoms with Gasteiger partial charge in [0.05, 0.1) is 29.4 Å². The number of ketones is 1. The fourth-order valence-corrected chi connectivity index (χ4v) is 5.17. The number of carbonyl (C=O) groups is 1. The van der Waals surface area contributed by atoms with Crippen LogP contribution in [0.1, 0.15) is 30.7 Å². The molecule has 2 aromatic rings. The summed E-state index contributed by atoms with van der Waals surface area (Å²) in [6.45, 7) is 0. The molecule has 4 rings (SSSR count). The van der Waals surface area contributed by atoms with Crippen molar-refractivity contribution in [3.63, 3.8) is 0 Å². The van der Waals surface area contributed by atoms with Crippen LogP contribution >= 0.6 is 23.1 Å². The smallest absolute Gasteiger partial charge is 0.219 e. The van der Waals surface area contributed by atoms with E-state index in [0.717, 1.165) is 11.3 Å². The van der Waals surface area contributed by atoms with E-state index in [-0.39, 0.29) is 17.4 Å². The molecule has 1 unspecified atom stereocenters. The topological polar surface area (TPSA) is 133 Å². The maximum absolute atomic E-state index is 13.0. The molecule has 0 aromatic carbocycles. The van der Waals surface area contributed by atoms with Crippen molar-refractivity contribution < 1.29 is 4.79 Å². The van der Waals surface area contributed by atoms with Crippen LogP contribution in [0.5, 0.6) is 0 Å². The Morgan fingerprint density at radius 2 is 2.21 bits per heavy atom. The average molecular weight is 422 g/mol. The highest BCUT2D eigenvalue weighted by Crippen LogP contribution is 2.46. The summed E-state index contributed by atoms with van der Waals surface area (Å²) in [6.07, 6.45) is 5.10. The second kappa shape index (κ2) is 8.03. The van der Waals surface area contributed by atoms with Gasteiger partial charge in [-0.05, 0) is 24.5 Å². The standard InChI is InChI=1S/C19H15N7OS2/c20-6-8-28-19-25-24-18(29-19)26-13-4-1-5-14(27)16(13)15(12(9-21)17(26)22)11-3-2-7-23-10-11/h2-3,7,10,15H,1,4-5,8,22H2. The van der Waals surface area contributed by atoms with Gasteiger partial charge in [0.25, 0.3) is 0 Å². The number of anilines is 1. The number of nitrogens with two attached hydrogens (primary N) is 1. The van der Waals surface area contributed by atoms with E-state index in [1.54, 1.807) is 23.4 Å². The molecule has 2 aromatic heterocycles. The summed E-state index contributed by atoms with van der Waals surface area (Å²) in [5.41, 5.74) is 8.86. The summed E-state index contributed by atoms with van der Waals surface area (Å²) in [6, 6.07) is 7.89. The number of nitriles is 2. The maximum Gasteiger partial charge on any atom is 0.219 e. The van der Waals surface area contributed by atoms with E-state index in [1.807, 2.05) is 6.07 Å². The summed E-state index contributed by atoms with van der Waals surface area (Å²) < 4.78 is 0.631. The number of rotatable bonds is 4. The molecule has 0 spiro atoms. The van der Waals surface area contributed by atoms with Crippen LogP contribution in [0, 0.1) is 22.7 Å². The molecule has 0 saturated carbocycles. The first-order chi connectivity index (χ1) is 14.2. The Hall–Kier alpha value is -3.21. The number of carbonyl (C=O) groups excluding carboxylic acids is 1. The third kappa shape index (κ3) is 3.37. The van der Waals surface area contributed by atoms with Crippen LogP contribution in [-0.2, 0) is 4.79 Å². The summed E-state index contributed by atoms with van der Waals surface area (Å²) in [5.74, 6) is -0.0105. The summed E-state index contributed by atoms with van der Waals surface area (Å²) in [4.78, 5) is 18.8. The highest BCUT2D eigenvalue weighted by molar-refractivity contribution is 8.01. The molecule has 2 aliphatic rings. The van der Waals surface area contributed by atoms with Crippen molar-refractivity contribution in [3.05, 3.63) is 52.8 Å². The first-order valence-corrected chi connectivity index (χ1v) is 10.6. The molecule has 0 bridgehead atoms. The van der Waals surface area contributed by atoms with Gasteiger partial charge in [-0.1, -0.05) is 29.2 Å². The second-order valence-corrected chi connectivity index (χ2v) is 8.58. The number of nitrogens with zero attached hydrogens (tertiary/aromatic N) is 6.